The number of hydrogen-bond donors (Lipinski definition) is 3. The molecule has 4 aromatic rings. The lowest BCUT2D eigenvalue weighted by molar-refractivity contribution is -0.154. The van der Waals surface area contributed by atoms with Crippen molar-refractivity contribution in [2.45, 2.75) is 142 Å². The van der Waals surface area contributed by atoms with Crippen molar-refractivity contribution in [2.24, 2.45) is 0 Å². The average molecular weight is 974 g/mol. The largest absolute Gasteiger partial charge is 0.481 e. The van der Waals surface area contributed by atoms with E-state index in [1.165, 1.54) is 6.07 Å². The number of benzene rings is 2. The number of fused-ring (bicyclic) bond motifs is 4. The van der Waals surface area contributed by atoms with Gasteiger partial charge in [-0.05, 0) is 128 Å². The van der Waals surface area contributed by atoms with Crippen LogP contribution < -0.4 is 26.4 Å². The Bertz CT molecular complexity index is 2960. The van der Waals surface area contributed by atoms with Crippen molar-refractivity contribution in [3.63, 3.8) is 0 Å². The number of rotatable bonds is 15. The van der Waals surface area contributed by atoms with Gasteiger partial charge in [0.2, 0.25) is 0 Å². The number of carbonyl (C=O) groups is 5. The third kappa shape index (κ3) is 13.2. The van der Waals surface area contributed by atoms with E-state index in [-0.39, 0.29) is 65.2 Å². The van der Waals surface area contributed by atoms with Crippen LogP contribution in [0.15, 0.2) is 103 Å². The molecule has 2 unspecified atom stereocenters. The normalized spacial score (nSPS) is 18.7. The number of aliphatic carboxylic acids is 1. The quantitative estimate of drug-likeness (QED) is 0.0574. The van der Waals surface area contributed by atoms with Gasteiger partial charge in [-0.15, -0.1) is 0 Å². The Morgan fingerprint density at radius 1 is 0.690 bits per heavy atom. The summed E-state index contributed by atoms with van der Waals surface area (Å²) < 4.78 is 16.3. The van der Waals surface area contributed by atoms with Crippen LogP contribution in [-0.2, 0) is 19.1 Å². The highest BCUT2D eigenvalue weighted by atomic mass is 16.6. The monoisotopic (exact) mass is 973 g/mol. The zero-order valence-corrected chi connectivity index (χ0v) is 42.3. The number of allylic oxidation sites excluding steroid dienone is 8. The number of amides is 1. The molecule has 2 aromatic heterocycles. The lowest BCUT2D eigenvalue weighted by atomic mass is 9.79. The molecule has 0 saturated heterocycles. The molecule has 0 fully saturated rings. The topological polar surface area (TPSA) is 214 Å². The lowest BCUT2D eigenvalue weighted by Crippen LogP contribution is -2.49. The van der Waals surface area contributed by atoms with Crippen LogP contribution in [0.1, 0.15) is 157 Å². The summed E-state index contributed by atoms with van der Waals surface area (Å²) in [6.45, 7) is 19.9. The van der Waals surface area contributed by atoms with Crippen molar-refractivity contribution < 1.29 is 47.8 Å². The summed E-state index contributed by atoms with van der Waals surface area (Å²) >= 11 is 0. The van der Waals surface area contributed by atoms with Crippen molar-refractivity contribution >= 4 is 62.9 Å². The van der Waals surface area contributed by atoms with Gasteiger partial charge in [-0.3, -0.25) is 19.2 Å². The van der Waals surface area contributed by atoms with Crippen molar-refractivity contribution in [1.29, 1.82) is 0 Å². The summed E-state index contributed by atoms with van der Waals surface area (Å²) in [5, 5.41) is 22.3. The van der Waals surface area contributed by atoms with Crippen molar-refractivity contribution in [2.75, 3.05) is 29.4 Å². The average Bonchev–Trinajstić information content (AvgIpc) is 3.25. The maximum Gasteiger partial charge on any atom is 0.351 e. The van der Waals surface area contributed by atoms with Gasteiger partial charge in [-0.25, -0.2) is 14.4 Å². The van der Waals surface area contributed by atoms with E-state index in [4.69, 9.17) is 18.7 Å². The fourth-order valence-corrected chi connectivity index (χ4v) is 9.95. The third-order valence-electron chi connectivity index (χ3n) is 13.1. The summed E-state index contributed by atoms with van der Waals surface area (Å²) in [6, 6.07) is 10.5. The Balaban J connectivity index is 0.000000240. The Kier molecular flexibility index (Phi) is 16.5. The van der Waals surface area contributed by atoms with E-state index in [0.29, 0.717) is 66.3 Å². The van der Waals surface area contributed by atoms with Gasteiger partial charge in [0.1, 0.15) is 27.9 Å². The molecule has 4 heterocycles. The number of nitrogens with zero attached hydrogens (tertiary/aromatic N) is 2. The van der Waals surface area contributed by atoms with Crippen LogP contribution in [0.2, 0.25) is 0 Å². The molecule has 0 saturated carbocycles. The Hall–Kier alpha value is -7.03. The Morgan fingerprint density at radius 3 is 1.73 bits per heavy atom. The molecule has 2 aromatic carbocycles. The molecule has 0 bridgehead atoms. The van der Waals surface area contributed by atoms with Crippen LogP contribution in [-0.4, -0.2) is 76.1 Å². The first-order chi connectivity index (χ1) is 33.3. The molecule has 3 aliphatic rings. The molecule has 7 rings (SSSR count). The van der Waals surface area contributed by atoms with E-state index in [2.05, 4.69) is 56.7 Å². The molecular weight excluding hydrogens is 907 g/mol. The van der Waals surface area contributed by atoms with Gasteiger partial charge < -0.3 is 38.9 Å². The van der Waals surface area contributed by atoms with Crippen LogP contribution >= 0.6 is 0 Å². The highest BCUT2D eigenvalue weighted by Crippen LogP contribution is 2.46. The van der Waals surface area contributed by atoms with E-state index < -0.39 is 34.7 Å². The summed E-state index contributed by atoms with van der Waals surface area (Å²) in [6.07, 6.45) is 16.7. The fraction of sp³-hybridized carbons (Fsp3) is 0.446. The molecule has 2 aliphatic heterocycles. The molecule has 0 radical (unpaired) electrons. The number of hydrogen-bond acceptors (Lipinski definition) is 12. The van der Waals surface area contributed by atoms with E-state index in [1.54, 1.807) is 18.2 Å². The fourth-order valence-electron chi connectivity index (χ4n) is 9.95. The summed E-state index contributed by atoms with van der Waals surface area (Å²) in [7, 11) is 0. The summed E-state index contributed by atoms with van der Waals surface area (Å²) in [5.41, 5.74) is 2.46. The first kappa shape index (κ1) is 53.3. The highest BCUT2D eigenvalue weighted by molar-refractivity contribution is 5.99. The number of ketones is 1. The SMILES string of the molecule is CC1CC(C)(C)N(CCCC(=O)O)c2cc3oc(=O)c(C(=O)NCCCC(=O)C4=C/C=C\C=C/C=C4)cc3cc21.CC1CC(C)(C)N(CCCC(=O)OC(C)(C)C)c2cc3oc(=O)c(C(=O)O)cc3cc21. The first-order valence-corrected chi connectivity index (χ1v) is 24.3. The maximum absolute atomic E-state index is 12.9. The zero-order chi connectivity index (χ0) is 52.0. The number of anilines is 2. The van der Waals surface area contributed by atoms with Gasteiger partial charge in [0.25, 0.3) is 5.91 Å². The number of carboxylic acids is 2. The van der Waals surface area contributed by atoms with E-state index in [9.17, 15) is 38.7 Å². The summed E-state index contributed by atoms with van der Waals surface area (Å²) in [4.78, 5) is 89.1. The van der Waals surface area contributed by atoms with Crippen molar-refractivity contribution in [1.82, 2.24) is 5.32 Å². The van der Waals surface area contributed by atoms with Crippen molar-refractivity contribution in [3.8, 4) is 0 Å². The molecule has 3 N–H and O–H groups in total. The van der Waals surface area contributed by atoms with Crippen LogP contribution in [0.5, 0.6) is 0 Å². The molecule has 378 valence electrons. The standard InChI is InChI=1S/C32H36N2O6.C24H31NO6/c1-21-20-32(2,3)34(16-10-14-29(36)37)26-19-28-23(17-24(21)26)18-25(31(39)40-28)30(38)33-15-9-13-27(35)22-11-7-5-4-6-8-12-22;1-14-13-24(5,6)25(9-7-8-20(26)31-23(2,3)4)18-12-19-15(10-16(14)18)11-17(21(27)28)22(29)30-19/h4-8,11-12,17-19,21H,9-10,13-16,20H2,1-3H3,(H,33,38)(H,36,37);10-12,14H,7-9,13H2,1-6H3,(H,27,28)/b5-4-,6-4?,7-5?,8-6-,11-7?,12-8?,22-11?,22-12?;. The van der Waals surface area contributed by atoms with Crippen LogP contribution in [0.4, 0.5) is 11.4 Å². The molecule has 71 heavy (non-hydrogen) atoms. The second kappa shape index (κ2) is 21.9. The minimum atomic E-state index is -1.30. The van der Waals surface area contributed by atoms with Crippen LogP contribution in [0.25, 0.3) is 21.9 Å². The summed E-state index contributed by atoms with van der Waals surface area (Å²) in [5.74, 6) is -2.44. The van der Waals surface area contributed by atoms with Crippen LogP contribution in [0, 0.1) is 0 Å². The van der Waals surface area contributed by atoms with E-state index in [1.807, 2.05) is 75.4 Å². The molecular formula is C56H67N3O12. The smallest absolute Gasteiger partial charge is 0.351 e. The second-order valence-corrected chi connectivity index (χ2v) is 21.0. The van der Waals surface area contributed by atoms with Crippen LogP contribution in [0.3, 0.4) is 0 Å². The first-order valence-electron chi connectivity index (χ1n) is 24.3. The number of carbonyl (C=O) groups excluding carboxylic acids is 3. The van der Waals surface area contributed by atoms with Gasteiger partial charge in [0.15, 0.2) is 5.78 Å². The van der Waals surface area contributed by atoms with Gasteiger partial charge >= 0.3 is 29.2 Å². The predicted molar refractivity (Wildman–Crippen MR) is 275 cm³/mol. The number of nitrogens with one attached hydrogen (secondary N) is 1. The Labute approximate surface area is 413 Å². The zero-order valence-electron chi connectivity index (χ0n) is 42.3. The number of aromatic carboxylic acids is 1. The minimum absolute atomic E-state index is 0.0188. The van der Waals surface area contributed by atoms with E-state index in [0.717, 1.165) is 35.3 Å². The molecule has 15 heteroatoms. The molecule has 1 amide bonds. The third-order valence-corrected chi connectivity index (χ3v) is 13.1. The number of carboxylic acid groups (broad SMARTS) is 2. The minimum Gasteiger partial charge on any atom is -0.481 e. The molecule has 2 atom stereocenters. The van der Waals surface area contributed by atoms with Gasteiger partial charge in [-0.2, -0.15) is 0 Å². The second-order valence-electron chi connectivity index (χ2n) is 21.0. The molecule has 0 spiro atoms. The lowest BCUT2D eigenvalue weighted by Gasteiger charge is -2.47. The Morgan fingerprint density at radius 2 is 1.20 bits per heavy atom. The molecule has 15 nitrogen and oxygen atoms in total. The van der Waals surface area contributed by atoms with Crippen molar-refractivity contribution in [3.05, 3.63) is 128 Å². The number of esters is 1. The van der Waals surface area contributed by atoms with Gasteiger partial charge in [-0.1, -0.05) is 56.4 Å². The van der Waals surface area contributed by atoms with Gasteiger partial charge in [0, 0.05) is 89.8 Å². The number of ether oxygens (including phenoxy) is 1. The maximum atomic E-state index is 12.9. The predicted octanol–water partition coefficient (Wildman–Crippen LogP) is 10.1. The highest BCUT2D eigenvalue weighted by Gasteiger charge is 2.38. The van der Waals surface area contributed by atoms with E-state index >= 15 is 0 Å². The van der Waals surface area contributed by atoms with Gasteiger partial charge in [0.05, 0.1) is 0 Å². The molecule has 1 aliphatic carbocycles. The number of Topliss-reactive ketones (excluding diaryl/α,β-unsaturated/α-hetero) is 1.